The smallest absolute Gasteiger partial charge is 0.170 e. The first-order chi connectivity index (χ1) is 10.3. The van der Waals surface area contributed by atoms with E-state index < -0.39 is 0 Å². The van der Waals surface area contributed by atoms with E-state index in [2.05, 4.69) is 20.1 Å². The topological polar surface area (TPSA) is 31.4 Å². The van der Waals surface area contributed by atoms with Crippen LogP contribution in [0.2, 0.25) is 0 Å². The molecule has 1 aromatic heterocycles. The lowest BCUT2D eigenvalue weighted by molar-refractivity contribution is 0.247. The van der Waals surface area contributed by atoms with Gasteiger partial charge in [-0.15, -0.1) is 0 Å². The van der Waals surface area contributed by atoms with Gasteiger partial charge in [0.1, 0.15) is 0 Å². The van der Waals surface area contributed by atoms with Crippen molar-refractivity contribution in [3.05, 3.63) is 23.6 Å². The molecule has 0 unspecified atom stereocenters. The van der Waals surface area contributed by atoms with Gasteiger partial charge < -0.3 is 10.2 Å². The van der Waals surface area contributed by atoms with Gasteiger partial charge in [0.2, 0.25) is 0 Å². The van der Waals surface area contributed by atoms with E-state index in [1.54, 1.807) is 12.3 Å². The summed E-state index contributed by atoms with van der Waals surface area (Å²) in [6, 6.07) is 1.77. The van der Waals surface area contributed by atoms with E-state index in [9.17, 15) is 4.39 Å². The van der Waals surface area contributed by atoms with Gasteiger partial charge in [0.05, 0.1) is 0 Å². The van der Waals surface area contributed by atoms with Crippen LogP contribution in [0, 0.1) is 11.7 Å². The lowest BCUT2D eigenvalue weighted by Crippen LogP contribution is -2.47. The van der Waals surface area contributed by atoms with E-state index in [0.717, 1.165) is 38.6 Å². The zero-order chi connectivity index (χ0) is 14.7. The van der Waals surface area contributed by atoms with Gasteiger partial charge >= 0.3 is 0 Å². The molecule has 1 aliphatic heterocycles. The van der Waals surface area contributed by atoms with Crippen molar-refractivity contribution < 1.29 is 4.39 Å². The first-order valence-electron chi connectivity index (χ1n) is 8.09. The van der Waals surface area contributed by atoms with Crippen LogP contribution in [-0.2, 0) is 6.54 Å². The van der Waals surface area contributed by atoms with E-state index in [4.69, 9.17) is 0 Å². The zero-order valence-corrected chi connectivity index (χ0v) is 12.8. The Bertz CT molecular complexity index is 467. The van der Waals surface area contributed by atoms with Crippen LogP contribution in [0.4, 0.5) is 10.2 Å². The third-order valence-corrected chi connectivity index (χ3v) is 4.40. The van der Waals surface area contributed by atoms with Crippen LogP contribution >= 0.6 is 0 Å². The number of pyridine rings is 1. The lowest BCUT2D eigenvalue weighted by Gasteiger charge is -2.35. The highest BCUT2D eigenvalue weighted by Gasteiger charge is 2.27. The Morgan fingerprint density at radius 2 is 2.05 bits per heavy atom. The van der Waals surface area contributed by atoms with Crippen molar-refractivity contribution in [1.29, 1.82) is 0 Å². The summed E-state index contributed by atoms with van der Waals surface area (Å²) in [6.07, 6.45) is 4.51. The Kier molecular flexibility index (Phi) is 4.70. The van der Waals surface area contributed by atoms with E-state index >= 15 is 0 Å². The van der Waals surface area contributed by atoms with Crippen molar-refractivity contribution in [3.8, 4) is 0 Å². The molecule has 1 N–H and O–H groups in total. The molecule has 0 aromatic carbocycles. The molecule has 0 spiro atoms. The minimum absolute atomic E-state index is 0.158. The monoisotopic (exact) mass is 292 g/mol. The molecule has 0 atom stereocenters. The van der Waals surface area contributed by atoms with Crippen LogP contribution in [0.15, 0.2) is 12.3 Å². The number of piperazine rings is 1. The van der Waals surface area contributed by atoms with Gasteiger partial charge in [-0.25, -0.2) is 9.37 Å². The minimum atomic E-state index is -0.158. The second kappa shape index (κ2) is 6.71. The Balaban J connectivity index is 1.61. The van der Waals surface area contributed by atoms with Crippen LogP contribution in [0.3, 0.4) is 0 Å². The molecule has 2 heterocycles. The number of rotatable bonds is 6. The third kappa shape index (κ3) is 3.71. The molecule has 2 aliphatic rings. The summed E-state index contributed by atoms with van der Waals surface area (Å²) >= 11 is 0. The molecule has 1 saturated carbocycles. The Hall–Kier alpha value is -1.20. The Morgan fingerprint density at radius 1 is 1.29 bits per heavy atom. The van der Waals surface area contributed by atoms with Gasteiger partial charge in [-0.1, -0.05) is 6.92 Å². The number of nitrogens with zero attached hydrogens (tertiary/aromatic N) is 3. The quantitative estimate of drug-likeness (QED) is 0.867. The average molecular weight is 292 g/mol. The summed E-state index contributed by atoms with van der Waals surface area (Å²) in [5, 5.41) is 3.18. The molecule has 116 valence electrons. The van der Waals surface area contributed by atoms with Gasteiger partial charge in [-0.2, -0.15) is 0 Å². The molecule has 1 aliphatic carbocycles. The van der Waals surface area contributed by atoms with Crippen LogP contribution in [0.25, 0.3) is 0 Å². The molecule has 0 amide bonds. The number of hydrogen-bond donors (Lipinski definition) is 1. The van der Waals surface area contributed by atoms with Crippen molar-refractivity contribution in [3.63, 3.8) is 0 Å². The van der Waals surface area contributed by atoms with Crippen molar-refractivity contribution >= 4 is 5.82 Å². The van der Waals surface area contributed by atoms with Crippen molar-refractivity contribution in [2.24, 2.45) is 5.92 Å². The molecule has 5 heteroatoms. The maximum Gasteiger partial charge on any atom is 0.170 e. The van der Waals surface area contributed by atoms with Crippen molar-refractivity contribution in [2.75, 3.05) is 44.2 Å². The van der Waals surface area contributed by atoms with Crippen LogP contribution in [0.1, 0.15) is 25.3 Å². The fourth-order valence-electron chi connectivity index (χ4n) is 2.90. The largest absolute Gasteiger partial charge is 0.352 e. The van der Waals surface area contributed by atoms with Crippen molar-refractivity contribution in [1.82, 2.24) is 15.2 Å². The molecule has 3 rings (SSSR count). The molecule has 4 nitrogen and oxygen atoms in total. The molecular formula is C16H25FN4. The fourth-order valence-corrected chi connectivity index (χ4v) is 2.90. The van der Waals surface area contributed by atoms with Crippen LogP contribution < -0.4 is 10.2 Å². The molecule has 0 radical (unpaired) electrons. The summed E-state index contributed by atoms with van der Waals surface area (Å²) in [4.78, 5) is 8.87. The van der Waals surface area contributed by atoms with Crippen LogP contribution in [-0.4, -0.2) is 49.2 Å². The first kappa shape index (κ1) is 14.7. The average Bonchev–Trinajstić information content (AvgIpc) is 3.31. The van der Waals surface area contributed by atoms with E-state index in [1.165, 1.54) is 19.4 Å². The highest BCUT2D eigenvalue weighted by Crippen LogP contribution is 2.30. The Morgan fingerprint density at radius 3 is 2.71 bits per heavy atom. The molecular weight excluding hydrogens is 267 g/mol. The maximum absolute atomic E-state index is 14.5. The summed E-state index contributed by atoms with van der Waals surface area (Å²) in [7, 11) is 0. The number of aromatic nitrogens is 1. The summed E-state index contributed by atoms with van der Waals surface area (Å²) < 4.78 is 14.5. The van der Waals surface area contributed by atoms with E-state index in [0.29, 0.717) is 17.9 Å². The van der Waals surface area contributed by atoms with Gasteiger partial charge in [0.25, 0.3) is 0 Å². The highest BCUT2D eigenvalue weighted by molar-refractivity contribution is 5.43. The molecule has 0 bridgehead atoms. The van der Waals surface area contributed by atoms with Gasteiger partial charge in [-0.3, -0.25) is 4.90 Å². The lowest BCUT2D eigenvalue weighted by atomic mass is 10.2. The number of halogens is 1. The SMILES string of the molecule is CCNCc1ccnc(N2CCN(CC3CC3)CC2)c1F. The van der Waals surface area contributed by atoms with Crippen molar-refractivity contribution in [2.45, 2.75) is 26.3 Å². The highest BCUT2D eigenvalue weighted by atomic mass is 19.1. The van der Waals surface area contributed by atoms with E-state index in [1.807, 2.05) is 6.92 Å². The molecule has 1 aromatic rings. The standard InChI is InChI=1S/C16H25FN4/c1-2-18-11-14-5-6-19-16(15(14)17)21-9-7-20(8-10-21)12-13-3-4-13/h5-6,13,18H,2-4,7-12H2,1H3. The molecule has 21 heavy (non-hydrogen) atoms. The van der Waals surface area contributed by atoms with Gasteiger partial charge in [0.15, 0.2) is 11.6 Å². The first-order valence-corrected chi connectivity index (χ1v) is 8.09. The minimum Gasteiger partial charge on any atom is -0.352 e. The second-order valence-corrected chi connectivity index (χ2v) is 6.12. The summed E-state index contributed by atoms with van der Waals surface area (Å²) in [5.41, 5.74) is 0.710. The third-order valence-electron chi connectivity index (χ3n) is 4.40. The summed E-state index contributed by atoms with van der Waals surface area (Å²) in [5.74, 6) is 1.29. The van der Waals surface area contributed by atoms with Gasteiger partial charge in [0, 0.05) is 51.0 Å². The number of hydrogen-bond acceptors (Lipinski definition) is 4. The Labute approximate surface area is 126 Å². The molecule has 2 fully saturated rings. The zero-order valence-electron chi connectivity index (χ0n) is 12.8. The summed E-state index contributed by atoms with van der Waals surface area (Å²) in [6.45, 7) is 8.46. The second-order valence-electron chi connectivity index (χ2n) is 6.12. The number of anilines is 1. The number of nitrogens with one attached hydrogen (secondary N) is 1. The molecule has 1 saturated heterocycles. The van der Waals surface area contributed by atoms with Gasteiger partial charge in [-0.05, 0) is 31.4 Å². The normalized spacial score (nSPS) is 20.0. The van der Waals surface area contributed by atoms with Crippen LogP contribution in [0.5, 0.6) is 0 Å². The predicted molar refractivity (Wildman–Crippen MR) is 83.0 cm³/mol. The van der Waals surface area contributed by atoms with E-state index in [-0.39, 0.29) is 5.82 Å². The maximum atomic E-state index is 14.5. The fraction of sp³-hybridized carbons (Fsp3) is 0.688. The predicted octanol–water partition coefficient (Wildman–Crippen LogP) is 1.86.